The molecule has 0 unspecified atom stereocenters. The van der Waals surface area contributed by atoms with E-state index in [-0.39, 0.29) is 17.6 Å². The largest absolute Gasteiger partial charge is 0.497 e. The second kappa shape index (κ2) is 9.07. The topological polar surface area (TPSA) is 93.5 Å². The normalized spacial score (nSPS) is 10.6. The van der Waals surface area contributed by atoms with Crippen LogP contribution in [0.25, 0.3) is 11.3 Å². The lowest BCUT2D eigenvalue weighted by Crippen LogP contribution is -2.15. The van der Waals surface area contributed by atoms with Crippen LogP contribution in [0.4, 0.5) is 10.8 Å². The molecule has 32 heavy (non-hydrogen) atoms. The summed E-state index contributed by atoms with van der Waals surface area (Å²) in [6.45, 7) is 3.81. The number of nitrogens with one attached hydrogen (secondary N) is 2. The van der Waals surface area contributed by atoms with Crippen molar-refractivity contribution in [2.75, 3.05) is 17.7 Å². The number of thiazole rings is 1. The molecule has 0 spiro atoms. The van der Waals surface area contributed by atoms with Crippen molar-refractivity contribution in [3.8, 4) is 17.0 Å². The third-order valence-corrected chi connectivity index (χ3v) is 5.76. The van der Waals surface area contributed by atoms with Gasteiger partial charge < -0.3 is 14.5 Å². The van der Waals surface area contributed by atoms with E-state index in [1.54, 1.807) is 37.4 Å². The number of benzene rings is 2. The smallest absolute Gasteiger partial charge is 0.291 e. The molecule has 0 aliphatic rings. The van der Waals surface area contributed by atoms with Crippen LogP contribution in [0.3, 0.4) is 0 Å². The first-order valence-corrected chi connectivity index (χ1v) is 10.6. The predicted octanol–water partition coefficient (Wildman–Crippen LogP) is 5.53. The number of amides is 2. The molecule has 4 rings (SSSR count). The number of anilines is 2. The number of carbonyl (C=O) groups is 2. The van der Waals surface area contributed by atoms with Gasteiger partial charge in [-0.2, -0.15) is 0 Å². The molecule has 8 heteroatoms. The van der Waals surface area contributed by atoms with Gasteiger partial charge in [0.15, 0.2) is 10.9 Å². The zero-order chi connectivity index (χ0) is 22.7. The Morgan fingerprint density at radius 2 is 1.78 bits per heavy atom. The molecule has 0 aliphatic heterocycles. The zero-order valence-electron chi connectivity index (χ0n) is 17.8. The van der Waals surface area contributed by atoms with Gasteiger partial charge in [0.05, 0.1) is 19.1 Å². The number of carbonyl (C=O) groups excluding carboxylic acids is 2. The first-order valence-electron chi connectivity index (χ1n) is 9.83. The molecule has 162 valence electrons. The Morgan fingerprint density at radius 1 is 1.00 bits per heavy atom. The molecule has 2 aromatic heterocycles. The maximum atomic E-state index is 12.8. The number of aryl methyl sites for hydroxylation is 2. The highest BCUT2D eigenvalue weighted by Gasteiger charge is 2.16. The molecule has 0 bridgehead atoms. The monoisotopic (exact) mass is 447 g/mol. The lowest BCUT2D eigenvalue weighted by atomic mass is 10.1. The molecular weight excluding hydrogens is 426 g/mol. The van der Waals surface area contributed by atoms with Crippen molar-refractivity contribution in [3.05, 3.63) is 82.6 Å². The second-order valence-corrected chi connectivity index (χ2v) is 8.27. The summed E-state index contributed by atoms with van der Waals surface area (Å²) in [5.41, 5.74) is 3.52. The van der Waals surface area contributed by atoms with E-state index in [1.807, 2.05) is 38.1 Å². The molecule has 0 atom stereocenters. The van der Waals surface area contributed by atoms with E-state index in [0.717, 1.165) is 27.4 Å². The Morgan fingerprint density at radius 3 is 2.47 bits per heavy atom. The van der Waals surface area contributed by atoms with Crippen molar-refractivity contribution in [2.45, 2.75) is 13.8 Å². The summed E-state index contributed by atoms with van der Waals surface area (Å²) in [5.74, 6) is 0.275. The Bertz CT molecular complexity index is 1260. The average Bonchev–Trinajstić information content (AvgIpc) is 3.45. The number of furan rings is 1. The Balaban J connectivity index is 1.51. The standard InChI is InChI=1S/C24H21N3O4S/c1-14-6-7-17(13-19(14)25-23(29)20-5-4-12-31-20)22(28)27-24-26-21(15(2)32-24)16-8-10-18(30-3)11-9-16/h4-13H,1-3H3,(H,25,29)(H,26,27,28). The van der Waals surface area contributed by atoms with Gasteiger partial charge in [-0.15, -0.1) is 11.3 Å². The first kappa shape index (κ1) is 21.3. The van der Waals surface area contributed by atoms with Crippen LogP contribution in [0.2, 0.25) is 0 Å². The van der Waals surface area contributed by atoms with Crippen LogP contribution in [0, 0.1) is 13.8 Å². The van der Waals surface area contributed by atoms with Gasteiger partial charge >= 0.3 is 0 Å². The van der Waals surface area contributed by atoms with Crippen LogP contribution in [0.5, 0.6) is 5.75 Å². The van der Waals surface area contributed by atoms with Crippen molar-refractivity contribution in [2.24, 2.45) is 0 Å². The van der Waals surface area contributed by atoms with Crippen molar-refractivity contribution in [1.82, 2.24) is 4.98 Å². The summed E-state index contributed by atoms with van der Waals surface area (Å²) in [5, 5.41) is 6.13. The fraction of sp³-hybridized carbons (Fsp3) is 0.125. The van der Waals surface area contributed by atoms with Crippen molar-refractivity contribution >= 4 is 34.0 Å². The summed E-state index contributed by atoms with van der Waals surface area (Å²) in [6.07, 6.45) is 1.43. The van der Waals surface area contributed by atoms with Gasteiger partial charge in [-0.05, 0) is 67.9 Å². The molecule has 4 aromatic rings. The minimum atomic E-state index is -0.379. The van der Waals surface area contributed by atoms with E-state index >= 15 is 0 Å². The minimum Gasteiger partial charge on any atom is -0.497 e. The van der Waals surface area contributed by atoms with Crippen LogP contribution in [-0.4, -0.2) is 23.9 Å². The van der Waals surface area contributed by atoms with Gasteiger partial charge in [0, 0.05) is 21.7 Å². The third kappa shape index (κ3) is 4.55. The fourth-order valence-corrected chi connectivity index (χ4v) is 3.96. The Labute approximate surface area is 189 Å². The molecular formula is C24H21N3O4S. The lowest BCUT2D eigenvalue weighted by molar-refractivity contribution is 0.0993. The summed E-state index contributed by atoms with van der Waals surface area (Å²) in [4.78, 5) is 30.7. The van der Waals surface area contributed by atoms with Gasteiger partial charge in [-0.3, -0.25) is 14.9 Å². The van der Waals surface area contributed by atoms with Gasteiger partial charge in [-0.1, -0.05) is 6.07 Å². The zero-order valence-corrected chi connectivity index (χ0v) is 18.6. The number of aromatic nitrogens is 1. The SMILES string of the molecule is COc1ccc(-c2nc(NC(=O)c3ccc(C)c(NC(=O)c4ccco4)c3)sc2C)cc1. The Hall–Kier alpha value is -3.91. The third-order valence-electron chi connectivity index (χ3n) is 4.87. The highest BCUT2D eigenvalue weighted by molar-refractivity contribution is 7.16. The van der Waals surface area contributed by atoms with Crippen LogP contribution in [0.1, 0.15) is 31.4 Å². The maximum absolute atomic E-state index is 12.8. The highest BCUT2D eigenvalue weighted by Crippen LogP contribution is 2.31. The van der Waals surface area contributed by atoms with E-state index in [2.05, 4.69) is 15.6 Å². The van der Waals surface area contributed by atoms with E-state index in [0.29, 0.717) is 16.4 Å². The molecule has 0 aliphatic carbocycles. The number of hydrogen-bond acceptors (Lipinski definition) is 6. The van der Waals surface area contributed by atoms with Gasteiger partial charge in [0.1, 0.15) is 5.75 Å². The quantitative estimate of drug-likeness (QED) is 0.405. The summed E-state index contributed by atoms with van der Waals surface area (Å²) < 4.78 is 10.3. The van der Waals surface area contributed by atoms with Crippen molar-refractivity contribution in [3.63, 3.8) is 0 Å². The Kier molecular flexibility index (Phi) is 6.04. The molecule has 2 amide bonds. The predicted molar refractivity (Wildman–Crippen MR) is 125 cm³/mol. The molecule has 0 fully saturated rings. The molecule has 7 nitrogen and oxygen atoms in total. The lowest BCUT2D eigenvalue weighted by Gasteiger charge is -2.09. The van der Waals surface area contributed by atoms with Crippen LogP contribution >= 0.6 is 11.3 Å². The second-order valence-electron chi connectivity index (χ2n) is 7.07. The van der Waals surface area contributed by atoms with E-state index in [4.69, 9.17) is 9.15 Å². The van der Waals surface area contributed by atoms with Crippen molar-refractivity contribution < 1.29 is 18.7 Å². The van der Waals surface area contributed by atoms with E-state index < -0.39 is 0 Å². The minimum absolute atomic E-state index is 0.198. The molecule has 2 N–H and O–H groups in total. The van der Waals surface area contributed by atoms with Crippen LogP contribution < -0.4 is 15.4 Å². The molecule has 0 saturated heterocycles. The molecule has 0 radical (unpaired) electrons. The molecule has 2 aromatic carbocycles. The maximum Gasteiger partial charge on any atom is 0.291 e. The number of hydrogen-bond donors (Lipinski definition) is 2. The van der Waals surface area contributed by atoms with Gasteiger partial charge in [-0.25, -0.2) is 4.98 Å². The van der Waals surface area contributed by atoms with E-state index in [1.165, 1.54) is 17.6 Å². The first-order chi connectivity index (χ1) is 15.4. The van der Waals surface area contributed by atoms with Gasteiger partial charge in [0.2, 0.25) is 0 Å². The van der Waals surface area contributed by atoms with Gasteiger partial charge in [0.25, 0.3) is 11.8 Å². The average molecular weight is 448 g/mol. The highest BCUT2D eigenvalue weighted by atomic mass is 32.1. The number of rotatable bonds is 6. The fourth-order valence-electron chi connectivity index (χ4n) is 3.13. The van der Waals surface area contributed by atoms with E-state index in [9.17, 15) is 9.59 Å². The summed E-state index contributed by atoms with van der Waals surface area (Å²) in [7, 11) is 1.62. The van der Waals surface area contributed by atoms with Crippen LogP contribution in [-0.2, 0) is 0 Å². The summed E-state index contributed by atoms with van der Waals surface area (Å²) >= 11 is 1.40. The molecule has 0 saturated carbocycles. The molecule has 2 heterocycles. The number of methoxy groups -OCH3 is 1. The van der Waals surface area contributed by atoms with Crippen molar-refractivity contribution in [1.29, 1.82) is 0 Å². The summed E-state index contributed by atoms with van der Waals surface area (Å²) in [6, 6.07) is 15.9. The number of ether oxygens (including phenoxy) is 1. The number of nitrogens with zero attached hydrogens (tertiary/aromatic N) is 1. The van der Waals surface area contributed by atoms with Crippen LogP contribution in [0.15, 0.2) is 65.3 Å².